The fourth-order valence-corrected chi connectivity index (χ4v) is 2.38. The predicted molar refractivity (Wildman–Crippen MR) is 67.5 cm³/mol. The van der Waals surface area contributed by atoms with E-state index in [9.17, 15) is 0 Å². The highest BCUT2D eigenvalue weighted by molar-refractivity contribution is 5.45. The number of hydrogen-bond donors (Lipinski definition) is 1. The van der Waals surface area contributed by atoms with Gasteiger partial charge in [0.15, 0.2) is 0 Å². The normalized spacial score (nSPS) is 12.9. The molecule has 0 saturated carbocycles. The maximum Gasteiger partial charge on any atom is -0.00715 e. The highest BCUT2D eigenvalue weighted by Gasteiger charge is 2.13. The number of benzene rings is 1. The summed E-state index contributed by atoms with van der Waals surface area (Å²) >= 11 is 0. The molecule has 0 bridgehead atoms. The second-order valence-electron chi connectivity index (χ2n) is 4.65. The Morgan fingerprint density at radius 2 is 1.53 bits per heavy atom. The molecule has 0 spiro atoms. The van der Waals surface area contributed by atoms with Gasteiger partial charge in [-0.1, -0.05) is 13.0 Å². The second-order valence-corrected chi connectivity index (χ2v) is 4.65. The first-order valence-electron chi connectivity index (χ1n) is 5.76. The molecule has 0 fully saturated rings. The van der Waals surface area contributed by atoms with Crippen molar-refractivity contribution >= 4 is 0 Å². The third-order valence-electron chi connectivity index (χ3n) is 3.52. The summed E-state index contributed by atoms with van der Waals surface area (Å²) in [7, 11) is 0. The fourth-order valence-electron chi connectivity index (χ4n) is 2.38. The van der Waals surface area contributed by atoms with Crippen molar-refractivity contribution in [1.29, 1.82) is 0 Å². The molecule has 1 aromatic carbocycles. The van der Waals surface area contributed by atoms with Gasteiger partial charge >= 0.3 is 0 Å². The quantitative estimate of drug-likeness (QED) is 0.804. The van der Waals surface area contributed by atoms with Crippen LogP contribution in [-0.4, -0.2) is 6.54 Å². The molecule has 0 aliphatic rings. The Bertz CT molecular complexity index is 327. The number of rotatable bonds is 3. The van der Waals surface area contributed by atoms with Gasteiger partial charge < -0.3 is 5.73 Å². The molecule has 84 valence electrons. The number of nitrogens with two attached hydrogens (primary N) is 1. The summed E-state index contributed by atoms with van der Waals surface area (Å²) in [6.07, 6.45) is 1.07. The smallest absolute Gasteiger partial charge is 0.00715 e. The molecule has 1 atom stereocenters. The van der Waals surface area contributed by atoms with Crippen LogP contribution >= 0.6 is 0 Å². The zero-order chi connectivity index (χ0) is 11.6. The van der Waals surface area contributed by atoms with E-state index in [0.717, 1.165) is 13.0 Å². The van der Waals surface area contributed by atoms with Crippen LogP contribution in [0.3, 0.4) is 0 Å². The Balaban J connectivity index is 3.26. The second kappa shape index (κ2) is 4.80. The van der Waals surface area contributed by atoms with Gasteiger partial charge in [-0.05, 0) is 74.4 Å². The van der Waals surface area contributed by atoms with Crippen molar-refractivity contribution in [2.24, 2.45) is 5.73 Å². The maximum absolute atomic E-state index is 5.64. The van der Waals surface area contributed by atoms with Gasteiger partial charge in [0.05, 0.1) is 0 Å². The molecule has 0 amide bonds. The molecule has 1 aromatic rings. The molecule has 0 radical (unpaired) electrons. The third kappa shape index (κ3) is 2.40. The Hall–Kier alpha value is -0.820. The third-order valence-corrected chi connectivity index (χ3v) is 3.52. The summed E-state index contributed by atoms with van der Waals surface area (Å²) in [6.45, 7) is 11.9. The van der Waals surface area contributed by atoms with Gasteiger partial charge in [-0.25, -0.2) is 0 Å². The van der Waals surface area contributed by atoms with Gasteiger partial charge in [-0.3, -0.25) is 0 Å². The Morgan fingerprint density at radius 1 is 1.07 bits per heavy atom. The molecule has 0 saturated heterocycles. The monoisotopic (exact) mass is 205 g/mol. The Morgan fingerprint density at radius 3 is 1.93 bits per heavy atom. The van der Waals surface area contributed by atoms with Crippen LogP contribution in [0.15, 0.2) is 6.07 Å². The molecule has 1 heteroatoms. The summed E-state index contributed by atoms with van der Waals surface area (Å²) < 4.78 is 0. The molecular formula is C14H23N. The van der Waals surface area contributed by atoms with Crippen molar-refractivity contribution < 1.29 is 0 Å². The Kier molecular flexibility index (Phi) is 3.92. The summed E-state index contributed by atoms with van der Waals surface area (Å²) in [5.41, 5.74) is 12.8. The fraction of sp³-hybridized carbons (Fsp3) is 0.571. The molecule has 1 unspecified atom stereocenters. The standard InChI is InChI=1S/C14H23N/c1-9(6-7-15)14-12(4)10(2)8-11(3)13(14)5/h8-9H,6-7,15H2,1-5H3. The SMILES string of the molecule is Cc1cc(C)c(C)c(C(C)CCN)c1C. The van der Waals surface area contributed by atoms with Crippen molar-refractivity contribution in [1.82, 2.24) is 0 Å². The van der Waals surface area contributed by atoms with Crippen LogP contribution in [0, 0.1) is 27.7 Å². The molecular weight excluding hydrogens is 182 g/mol. The van der Waals surface area contributed by atoms with E-state index < -0.39 is 0 Å². The van der Waals surface area contributed by atoms with Crippen LogP contribution in [0.1, 0.15) is 47.1 Å². The van der Waals surface area contributed by atoms with Gasteiger partial charge in [0.25, 0.3) is 0 Å². The first-order valence-corrected chi connectivity index (χ1v) is 5.76. The Labute approximate surface area is 93.7 Å². The van der Waals surface area contributed by atoms with Crippen LogP contribution in [0.5, 0.6) is 0 Å². The first-order chi connectivity index (χ1) is 6.99. The minimum absolute atomic E-state index is 0.577. The van der Waals surface area contributed by atoms with E-state index >= 15 is 0 Å². The summed E-state index contributed by atoms with van der Waals surface area (Å²) in [5, 5.41) is 0. The van der Waals surface area contributed by atoms with Crippen molar-refractivity contribution in [2.75, 3.05) is 6.54 Å². The van der Waals surface area contributed by atoms with Crippen LogP contribution in [0.4, 0.5) is 0 Å². The summed E-state index contributed by atoms with van der Waals surface area (Å²) in [5.74, 6) is 0.577. The topological polar surface area (TPSA) is 26.0 Å². The predicted octanol–water partition coefficient (Wildman–Crippen LogP) is 3.37. The summed E-state index contributed by atoms with van der Waals surface area (Å²) in [4.78, 5) is 0. The van der Waals surface area contributed by atoms with Gasteiger partial charge in [0, 0.05) is 0 Å². The minimum atomic E-state index is 0.577. The lowest BCUT2D eigenvalue weighted by Crippen LogP contribution is -2.09. The number of aryl methyl sites for hydroxylation is 2. The van der Waals surface area contributed by atoms with Crippen LogP contribution < -0.4 is 5.73 Å². The van der Waals surface area contributed by atoms with E-state index in [0.29, 0.717) is 5.92 Å². The van der Waals surface area contributed by atoms with E-state index in [2.05, 4.69) is 40.7 Å². The van der Waals surface area contributed by atoms with Gasteiger partial charge in [-0.2, -0.15) is 0 Å². The largest absolute Gasteiger partial charge is 0.330 e. The lowest BCUT2D eigenvalue weighted by atomic mass is 9.85. The van der Waals surface area contributed by atoms with Gasteiger partial charge in [0.2, 0.25) is 0 Å². The van der Waals surface area contributed by atoms with E-state index in [1.165, 1.54) is 27.8 Å². The van der Waals surface area contributed by atoms with E-state index in [1.54, 1.807) is 0 Å². The molecule has 0 heterocycles. The lowest BCUT2D eigenvalue weighted by Gasteiger charge is -2.20. The van der Waals surface area contributed by atoms with E-state index in [1.807, 2.05) is 0 Å². The first kappa shape index (κ1) is 12.3. The summed E-state index contributed by atoms with van der Waals surface area (Å²) in [6, 6.07) is 2.28. The van der Waals surface area contributed by atoms with Crippen molar-refractivity contribution in [3.05, 3.63) is 33.9 Å². The molecule has 1 nitrogen and oxygen atoms in total. The average molecular weight is 205 g/mol. The van der Waals surface area contributed by atoms with Crippen LogP contribution in [-0.2, 0) is 0 Å². The van der Waals surface area contributed by atoms with Crippen LogP contribution in [0.2, 0.25) is 0 Å². The zero-order valence-corrected chi connectivity index (χ0v) is 10.6. The molecule has 0 aliphatic carbocycles. The average Bonchev–Trinajstić information content (AvgIpc) is 2.16. The van der Waals surface area contributed by atoms with Crippen molar-refractivity contribution in [3.8, 4) is 0 Å². The molecule has 15 heavy (non-hydrogen) atoms. The molecule has 2 N–H and O–H groups in total. The lowest BCUT2D eigenvalue weighted by molar-refractivity contribution is 0.680. The maximum atomic E-state index is 5.64. The number of hydrogen-bond acceptors (Lipinski definition) is 1. The van der Waals surface area contributed by atoms with Crippen molar-refractivity contribution in [2.45, 2.75) is 47.0 Å². The van der Waals surface area contributed by atoms with E-state index in [-0.39, 0.29) is 0 Å². The molecule has 1 rings (SSSR count). The molecule has 0 aliphatic heterocycles. The van der Waals surface area contributed by atoms with Gasteiger partial charge in [0.1, 0.15) is 0 Å². The minimum Gasteiger partial charge on any atom is -0.330 e. The van der Waals surface area contributed by atoms with Crippen LogP contribution in [0.25, 0.3) is 0 Å². The van der Waals surface area contributed by atoms with Crippen molar-refractivity contribution in [3.63, 3.8) is 0 Å². The highest BCUT2D eigenvalue weighted by atomic mass is 14.5. The highest BCUT2D eigenvalue weighted by Crippen LogP contribution is 2.29. The van der Waals surface area contributed by atoms with E-state index in [4.69, 9.17) is 5.73 Å². The zero-order valence-electron chi connectivity index (χ0n) is 10.6. The van der Waals surface area contributed by atoms with Gasteiger partial charge in [-0.15, -0.1) is 0 Å². The molecule has 0 aromatic heterocycles.